The zero-order valence-corrected chi connectivity index (χ0v) is 18.4. The summed E-state index contributed by atoms with van der Waals surface area (Å²) in [5.41, 5.74) is 3.25. The Morgan fingerprint density at radius 2 is 1.97 bits per heavy atom. The molecule has 1 saturated carbocycles. The highest BCUT2D eigenvalue weighted by atomic mass is 32.1. The van der Waals surface area contributed by atoms with Crippen LogP contribution in [0.5, 0.6) is 11.5 Å². The number of nitrogens with zero attached hydrogens (tertiary/aromatic N) is 1. The van der Waals surface area contributed by atoms with Crippen LogP contribution in [0, 0.1) is 0 Å². The lowest BCUT2D eigenvalue weighted by Crippen LogP contribution is -2.41. The second-order valence-corrected chi connectivity index (χ2v) is 9.00. The number of urea groups is 1. The summed E-state index contributed by atoms with van der Waals surface area (Å²) >= 11 is 1.71. The van der Waals surface area contributed by atoms with Crippen molar-refractivity contribution in [2.75, 3.05) is 13.7 Å². The molecule has 5 rings (SSSR count). The van der Waals surface area contributed by atoms with E-state index in [1.165, 1.54) is 22.9 Å². The van der Waals surface area contributed by atoms with Gasteiger partial charge in [0, 0.05) is 17.4 Å². The van der Waals surface area contributed by atoms with Gasteiger partial charge in [0.1, 0.15) is 0 Å². The molecule has 0 bridgehead atoms. The first-order valence-corrected chi connectivity index (χ1v) is 11.6. The molecule has 0 unspecified atom stereocenters. The first kappa shape index (κ1) is 19.9. The molecule has 1 aromatic heterocycles. The van der Waals surface area contributed by atoms with Crippen molar-refractivity contribution in [1.29, 1.82) is 0 Å². The van der Waals surface area contributed by atoms with Crippen molar-refractivity contribution < 1.29 is 14.3 Å². The van der Waals surface area contributed by atoms with Gasteiger partial charge in [0.25, 0.3) is 0 Å². The van der Waals surface area contributed by atoms with Crippen molar-refractivity contribution in [3.63, 3.8) is 0 Å². The number of fused-ring (bicyclic) bond motifs is 1. The van der Waals surface area contributed by atoms with E-state index >= 15 is 0 Å². The lowest BCUT2D eigenvalue weighted by Gasteiger charge is -2.26. The Kier molecular flexibility index (Phi) is 5.55. The molecule has 1 N–H and O–H groups in total. The molecule has 1 fully saturated rings. The van der Waals surface area contributed by atoms with Gasteiger partial charge in [-0.15, -0.1) is 11.3 Å². The summed E-state index contributed by atoms with van der Waals surface area (Å²) < 4.78 is 13.0. The van der Waals surface area contributed by atoms with Crippen molar-refractivity contribution in [3.8, 4) is 11.5 Å². The SMILES string of the molecule is COc1ccc(C2=CN(Cc3csc4ccccc34)C(=O)NC2)cc1OC1CCCC1. The molecule has 160 valence electrons. The molecular formula is C25H26N2O3S. The molecule has 0 spiro atoms. The van der Waals surface area contributed by atoms with Crippen LogP contribution in [0.4, 0.5) is 4.79 Å². The zero-order chi connectivity index (χ0) is 21.2. The van der Waals surface area contributed by atoms with E-state index in [1.54, 1.807) is 23.3 Å². The number of carbonyl (C=O) groups is 1. The number of amides is 2. The van der Waals surface area contributed by atoms with E-state index in [1.807, 2.05) is 36.5 Å². The summed E-state index contributed by atoms with van der Waals surface area (Å²) in [6, 6.07) is 14.3. The monoisotopic (exact) mass is 434 g/mol. The number of rotatable bonds is 6. The summed E-state index contributed by atoms with van der Waals surface area (Å²) in [7, 11) is 1.67. The number of ether oxygens (including phenoxy) is 2. The van der Waals surface area contributed by atoms with Gasteiger partial charge in [0.2, 0.25) is 0 Å². The number of carbonyl (C=O) groups excluding carboxylic acids is 1. The van der Waals surface area contributed by atoms with Gasteiger partial charge in [-0.1, -0.05) is 24.3 Å². The predicted molar refractivity (Wildman–Crippen MR) is 125 cm³/mol. The average molecular weight is 435 g/mol. The lowest BCUT2D eigenvalue weighted by atomic mass is 10.0. The molecule has 2 heterocycles. The van der Waals surface area contributed by atoms with Crippen LogP contribution < -0.4 is 14.8 Å². The van der Waals surface area contributed by atoms with Crippen LogP contribution >= 0.6 is 11.3 Å². The molecule has 6 heteroatoms. The highest BCUT2D eigenvalue weighted by Gasteiger charge is 2.22. The van der Waals surface area contributed by atoms with Crippen LogP contribution in [0.25, 0.3) is 15.7 Å². The summed E-state index contributed by atoms with van der Waals surface area (Å²) in [5, 5.41) is 6.36. The van der Waals surface area contributed by atoms with Gasteiger partial charge >= 0.3 is 6.03 Å². The maximum Gasteiger partial charge on any atom is 0.321 e. The van der Waals surface area contributed by atoms with Gasteiger partial charge in [-0.2, -0.15) is 0 Å². The molecule has 1 aliphatic heterocycles. The predicted octanol–water partition coefficient (Wildman–Crippen LogP) is 5.80. The fraction of sp³-hybridized carbons (Fsp3) is 0.320. The van der Waals surface area contributed by atoms with Gasteiger partial charge in [0.15, 0.2) is 11.5 Å². The minimum absolute atomic E-state index is 0.0741. The van der Waals surface area contributed by atoms with Crippen LogP contribution in [-0.4, -0.2) is 30.7 Å². The van der Waals surface area contributed by atoms with E-state index < -0.39 is 0 Å². The summed E-state index contributed by atoms with van der Waals surface area (Å²) in [6.07, 6.45) is 6.84. The number of benzene rings is 2. The van der Waals surface area contributed by atoms with Crippen molar-refractivity contribution in [2.45, 2.75) is 38.3 Å². The highest BCUT2D eigenvalue weighted by Crippen LogP contribution is 2.35. The molecule has 0 atom stereocenters. The van der Waals surface area contributed by atoms with Crippen molar-refractivity contribution in [2.24, 2.45) is 0 Å². The molecule has 5 nitrogen and oxygen atoms in total. The Labute approximate surface area is 186 Å². The average Bonchev–Trinajstić information content (AvgIpc) is 3.45. The fourth-order valence-electron chi connectivity index (χ4n) is 4.35. The Balaban J connectivity index is 1.42. The van der Waals surface area contributed by atoms with Crippen LogP contribution in [0.15, 0.2) is 54.0 Å². The Bertz CT molecular complexity index is 1130. The first-order chi connectivity index (χ1) is 15.2. The summed E-state index contributed by atoms with van der Waals surface area (Å²) in [4.78, 5) is 14.3. The molecule has 1 aliphatic carbocycles. The zero-order valence-electron chi connectivity index (χ0n) is 17.6. The lowest BCUT2D eigenvalue weighted by molar-refractivity contribution is 0.200. The maximum atomic E-state index is 12.6. The molecule has 0 saturated heterocycles. The van der Waals surface area contributed by atoms with Gasteiger partial charge in [-0.3, -0.25) is 4.90 Å². The number of nitrogens with one attached hydrogen (secondary N) is 1. The number of hydrogen-bond acceptors (Lipinski definition) is 4. The maximum absolute atomic E-state index is 12.6. The number of thiophene rings is 1. The van der Waals surface area contributed by atoms with E-state index in [0.717, 1.165) is 41.0 Å². The normalized spacial score (nSPS) is 17.0. The minimum Gasteiger partial charge on any atom is -0.493 e. The van der Waals surface area contributed by atoms with E-state index in [9.17, 15) is 4.79 Å². The summed E-state index contributed by atoms with van der Waals surface area (Å²) in [5.74, 6) is 1.53. The number of hydrogen-bond donors (Lipinski definition) is 1. The third-order valence-corrected chi connectivity index (χ3v) is 7.05. The molecule has 2 amide bonds. The van der Waals surface area contributed by atoms with Gasteiger partial charge in [-0.25, -0.2) is 4.79 Å². The Morgan fingerprint density at radius 3 is 2.81 bits per heavy atom. The minimum atomic E-state index is -0.0741. The third kappa shape index (κ3) is 4.12. The van der Waals surface area contributed by atoms with Gasteiger partial charge < -0.3 is 14.8 Å². The molecular weight excluding hydrogens is 408 g/mol. The smallest absolute Gasteiger partial charge is 0.321 e. The second kappa shape index (κ2) is 8.63. The quantitative estimate of drug-likeness (QED) is 0.534. The van der Waals surface area contributed by atoms with Crippen molar-refractivity contribution >= 4 is 33.0 Å². The van der Waals surface area contributed by atoms with E-state index in [-0.39, 0.29) is 12.1 Å². The van der Waals surface area contributed by atoms with E-state index in [0.29, 0.717) is 13.1 Å². The molecule has 3 aromatic rings. The van der Waals surface area contributed by atoms with Crippen LogP contribution in [0.1, 0.15) is 36.8 Å². The van der Waals surface area contributed by atoms with Crippen LogP contribution in [-0.2, 0) is 6.54 Å². The second-order valence-electron chi connectivity index (χ2n) is 8.09. The van der Waals surface area contributed by atoms with Crippen LogP contribution in [0.3, 0.4) is 0 Å². The van der Waals surface area contributed by atoms with E-state index in [4.69, 9.17) is 9.47 Å². The largest absolute Gasteiger partial charge is 0.493 e. The van der Waals surface area contributed by atoms with Gasteiger partial charge in [0.05, 0.1) is 19.8 Å². The van der Waals surface area contributed by atoms with Crippen molar-refractivity contribution in [1.82, 2.24) is 10.2 Å². The molecule has 0 radical (unpaired) electrons. The third-order valence-electron chi connectivity index (χ3n) is 6.03. The van der Waals surface area contributed by atoms with Crippen molar-refractivity contribution in [3.05, 3.63) is 65.2 Å². The number of methoxy groups -OCH3 is 1. The Morgan fingerprint density at radius 1 is 1.13 bits per heavy atom. The fourth-order valence-corrected chi connectivity index (χ4v) is 5.31. The molecule has 2 aliphatic rings. The topological polar surface area (TPSA) is 50.8 Å². The summed E-state index contributed by atoms with van der Waals surface area (Å²) in [6.45, 7) is 1.04. The van der Waals surface area contributed by atoms with Crippen LogP contribution in [0.2, 0.25) is 0 Å². The van der Waals surface area contributed by atoms with Gasteiger partial charge in [-0.05, 0) is 71.3 Å². The molecule has 31 heavy (non-hydrogen) atoms. The van der Waals surface area contributed by atoms with E-state index in [2.05, 4.69) is 22.8 Å². The standard InChI is InChI=1S/C25H26N2O3S/c1-29-22-11-10-17(12-23(22)30-20-6-2-3-7-20)18-13-26-25(28)27(14-18)15-19-16-31-24-9-5-4-8-21(19)24/h4-5,8-12,14,16,20H,2-3,6-7,13,15H2,1H3,(H,26,28). The Hall–Kier alpha value is -2.99. The first-order valence-electron chi connectivity index (χ1n) is 10.8. The molecule has 2 aromatic carbocycles. The highest BCUT2D eigenvalue weighted by molar-refractivity contribution is 7.17.